The number of hydrogen-bond donors (Lipinski definition) is 6. The average molecular weight is 732 g/mol. The van der Waals surface area contributed by atoms with Gasteiger partial charge >= 0.3 is 0 Å². The van der Waals surface area contributed by atoms with Crippen LogP contribution in [0.3, 0.4) is 0 Å². The zero-order valence-electron chi connectivity index (χ0n) is 23.5. The van der Waals surface area contributed by atoms with Gasteiger partial charge in [0.15, 0.2) is 5.75 Å². The summed E-state index contributed by atoms with van der Waals surface area (Å²) in [5.74, 6) is -1.09. The van der Waals surface area contributed by atoms with Crippen LogP contribution in [0, 0.1) is 6.92 Å². The average Bonchev–Trinajstić information content (AvgIpc) is 2.93. The largest absolute Gasteiger partial charge is 0.505 e. The molecule has 0 fully saturated rings. The zero-order chi connectivity index (χ0) is 35.3. The normalized spacial score (nSPS) is 13.1. The van der Waals surface area contributed by atoms with Gasteiger partial charge in [-0.15, -0.1) is 15.3 Å². The number of aryl methyl sites for hydroxylation is 1. The Kier molecular flexibility index (Phi) is 9.14. The summed E-state index contributed by atoms with van der Waals surface area (Å²) in [5.41, 5.74) is 3.72. The molecule has 0 unspecified atom stereocenters. The lowest BCUT2D eigenvalue weighted by Gasteiger charge is -2.13. The summed E-state index contributed by atoms with van der Waals surface area (Å²) in [6.45, 7) is 1.45. The summed E-state index contributed by atoms with van der Waals surface area (Å²) in [4.78, 5) is -3.62. The van der Waals surface area contributed by atoms with E-state index >= 15 is 0 Å². The van der Waals surface area contributed by atoms with E-state index in [1.54, 1.807) is 0 Å². The van der Waals surface area contributed by atoms with Gasteiger partial charge in [-0.3, -0.25) is 18.2 Å². The van der Waals surface area contributed by atoms with Crippen molar-refractivity contribution >= 4 is 79.7 Å². The molecule has 0 heterocycles. The minimum absolute atomic E-state index is 0.0261. The molecule has 0 aromatic heterocycles. The van der Waals surface area contributed by atoms with E-state index in [2.05, 4.69) is 20.5 Å². The molecule has 0 atom stereocenters. The molecule has 0 saturated heterocycles. The van der Waals surface area contributed by atoms with Crippen LogP contribution in [0.2, 0.25) is 0 Å². The van der Waals surface area contributed by atoms with Crippen molar-refractivity contribution in [3.05, 3.63) is 54.1 Å². The summed E-state index contributed by atoms with van der Waals surface area (Å²) >= 11 is 0. The number of phenolic OH excluding ortho intramolecular Hbond substituents is 1. The van der Waals surface area contributed by atoms with Crippen LogP contribution in [0.25, 0.3) is 10.8 Å². The molecule has 47 heavy (non-hydrogen) atoms. The van der Waals surface area contributed by atoms with Crippen molar-refractivity contribution in [2.24, 2.45) is 20.5 Å². The van der Waals surface area contributed by atoms with Crippen LogP contribution in [-0.2, 0) is 40.5 Å². The SMILES string of the molecule is COc1cc(N=Nc2cc(S(=O)(=O)O)ccc2S(=O)(=O)O)c(C)cc1N=Nc1c(S(=O)(=O)O)cc2c(S(=O)(=O)O)c(N)ccc2c1O. The number of nitrogens with two attached hydrogens (primary N) is 1. The number of fused-ring (bicyclic) bond motifs is 1. The molecule has 0 amide bonds. The number of anilines is 1. The van der Waals surface area contributed by atoms with Gasteiger partial charge in [0, 0.05) is 16.8 Å². The van der Waals surface area contributed by atoms with Gasteiger partial charge in [-0.05, 0) is 55.0 Å². The zero-order valence-corrected chi connectivity index (χ0v) is 26.8. The van der Waals surface area contributed by atoms with Crippen molar-refractivity contribution < 1.29 is 61.7 Å². The highest BCUT2D eigenvalue weighted by molar-refractivity contribution is 7.87. The quantitative estimate of drug-likeness (QED) is 0.0795. The standard InChI is InChI=1S/C24H21N5O14S4/c1-11-7-17(19(43-2)10-16(11)26-28-18-8-12(44(31,32)33)3-6-20(18)45(34,35)36)27-29-22-21(46(37,38)39)9-14-13(23(22)30)4-5-15(25)24(14)47(40,41)42/h3-10,30H,25H2,1-2H3,(H,31,32,33)(H,34,35,36)(H,37,38,39)(H,40,41,42). The van der Waals surface area contributed by atoms with E-state index < -0.39 is 88.3 Å². The van der Waals surface area contributed by atoms with Crippen molar-refractivity contribution in [2.75, 3.05) is 12.8 Å². The number of hydrogen-bond acceptors (Lipinski definition) is 15. The van der Waals surface area contributed by atoms with Crippen molar-refractivity contribution in [1.29, 1.82) is 0 Å². The molecule has 0 saturated carbocycles. The van der Waals surface area contributed by atoms with Gasteiger partial charge in [-0.2, -0.15) is 38.8 Å². The number of ether oxygens (including phenoxy) is 1. The maximum Gasteiger partial charge on any atom is 0.297 e. The van der Waals surface area contributed by atoms with Crippen LogP contribution in [0.5, 0.6) is 11.5 Å². The minimum atomic E-state index is -5.22. The Labute approximate surface area is 266 Å². The molecule has 0 spiro atoms. The highest BCUT2D eigenvalue weighted by Crippen LogP contribution is 2.45. The predicted molar refractivity (Wildman–Crippen MR) is 162 cm³/mol. The number of aromatic hydroxyl groups is 1. The molecular formula is C24H21N5O14S4. The summed E-state index contributed by atoms with van der Waals surface area (Å²) < 4.78 is 138. The number of phenols is 1. The third kappa shape index (κ3) is 7.36. The molecule has 7 N–H and O–H groups in total. The monoisotopic (exact) mass is 731 g/mol. The van der Waals surface area contributed by atoms with Gasteiger partial charge in [0.05, 0.1) is 23.4 Å². The number of methoxy groups -OCH3 is 1. The number of benzene rings is 4. The molecule has 23 heteroatoms. The fraction of sp³-hybridized carbons (Fsp3) is 0.0833. The fourth-order valence-electron chi connectivity index (χ4n) is 4.17. The van der Waals surface area contributed by atoms with E-state index in [1.807, 2.05) is 0 Å². The Bertz CT molecular complexity index is 2480. The molecule has 4 rings (SSSR count). The van der Waals surface area contributed by atoms with Gasteiger partial charge in [-0.25, -0.2) is 0 Å². The Balaban J connectivity index is 1.86. The molecule has 0 aliphatic rings. The summed E-state index contributed by atoms with van der Waals surface area (Å²) in [6, 6.07) is 7.23. The maximum atomic E-state index is 12.2. The molecular weight excluding hydrogens is 711 g/mol. The van der Waals surface area contributed by atoms with Gasteiger partial charge in [0.2, 0.25) is 0 Å². The predicted octanol–water partition coefficient (Wildman–Crippen LogP) is 4.26. The first-order valence-electron chi connectivity index (χ1n) is 12.2. The minimum Gasteiger partial charge on any atom is -0.505 e. The lowest BCUT2D eigenvalue weighted by atomic mass is 10.1. The van der Waals surface area contributed by atoms with E-state index in [1.165, 1.54) is 26.2 Å². The molecule has 19 nitrogen and oxygen atoms in total. The Morgan fingerprint density at radius 2 is 1.23 bits per heavy atom. The highest BCUT2D eigenvalue weighted by atomic mass is 32.2. The van der Waals surface area contributed by atoms with Crippen LogP contribution in [0.4, 0.5) is 28.4 Å². The lowest BCUT2D eigenvalue weighted by Crippen LogP contribution is -2.06. The lowest BCUT2D eigenvalue weighted by molar-refractivity contribution is 0.416. The molecule has 0 bridgehead atoms. The third-order valence-electron chi connectivity index (χ3n) is 6.28. The van der Waals surface area contributed by atoms with E-state index in [0.717, 1.165) is 18.2 Å². The van der Waals surface area contributed by atoms with Crippen molar-refractivity contribution in [1.82, 2.24) is 0 Å². The van der Waals surface area contributed by atoms with Gasteiger partial charge in [0.1, 0.15) is 37.5 Å². The highest BCUT2D eigenvalue weighted by Gasteiger charge is 2.27. The summed E-state index contributed by atoms with van der Waals surface area (Å²) in [5, 5.41) is 25.2. The van der Waals surface area contributed by atoms with Crippen molar-refractivity contribution in [3.8, 4) is 11.5 Å². The van der Waals surface area contributed by atoms with E-state index in [9.17, 15) is 57.0 Å². The molecule has 0 aliphatic heterocycles. The Hall–Kier alpha value is -4.62. The first-order valence-corrected chi connectivity index (χ1v) is 17.9. The van der Waals surface area contributed by atoms with E-state index in [0.29, 0.717) is 18.2 Å². The molecule has 4 aromatic rings. The number of nitrogens with zero attached hydrogens (tertiary/aromatic N) is 4. The first kappa shape index (κ1) is 35.2. The number of azo groups is 2. The summed E-state index contributed by atoms with van der Waals surface area (Å²) in [7, 11) is -18.8. The van der Waals surface area contributed by atoms with Gasteiger partial charge in [-0.1, -0.05) is 0 Å². The molecule has 0 radical (unpaired) electrons. The van der Waals surface area contributed by atoms with Crippen LogP contribution in [-0.4, -0.2) is 64.1 Å². The van der Waals surface area contributed by atoms with Crippen molar-refractivity contribution in [2.45, 2.75) is 26.5 Å². The Morgan fingerprint density at radius 1 is 0.638 bits per heavy atom. The van der Waals surface area contributed by atoms with E-state index in [4.69, 9.17) is 10.5 Å². The van der Waals surface area contributed by atoms with Crippen LogP contribution in [0.15, 0.2) is 88.6 Å². The third-order valence-corrected chi connectivity index (χ3v) is 9.87. The fourth-order valence-corrected chi connectivity index (χ4v) is 6.73. The van der Waals surface area contributed by atoms with Crippen molar-refractivity contribution in [3.63, 3.8) is 0 Å². The van der Waals surface area contributed by atoms with Crippen LogP contribution < -0.4 is 10.5 Å². The smallest absolute Gasteiger partial charge is 0.297 e. The number of rotatable bonds is 9. The molecule has 0 aliphatic carbocycles. The molecule has 250 valence electrons. The van der Waals surface area contributed by atoms with Gasteiger partial charge in [0.25, 0.3) is 40.5 Å². The molecule has 4 aromatic carbocycles. The Morgan fingerprint density at radius 3 is 1.79 bits per heavy atom. The number of nitrogen functional groups attached to an aromatic ring is 1. The first-order chi connectivity index (χ1) is 21.5. The topological polar surface area (TPSA) is 322 Å². The second-order valence-corrected chi connectivity index (χ2v) is 15.0. The van der Waals surface area contributed by atoms with Gasteiger partial charge < -0.3 is 15.6 Å². The maximum absolute atomic E-state index is 12.2. The van der Waals surface area contributed by atoms with E-state index in [-0.39, 0.29) is 28.1 Å². The second kappa shape index (κ2) is 12.2. The van der Waals surface area contributed by atoms with Crippen LogP contribution in [0.1, 0.15) is 5.56 Å². The second-order valence-electron chi connectivity index (χ2n) is 9.39. The van der Waals surface area contributed by atoms with Crippen LogP contribution >= 0.6 is 0 Å². The summed E-state index contributed by atoms with van der Waals surface area (Å²) in [6.07, 6.45) is 0.